The first-order valence-electron chi connectivity index (χ1n) is 7.56. The summed E-state index contributed by atoms with van der Waals surface area (Å²) in [5, 5.41) is 8.94. The number of amides is 1. The normalized spacial score (nSPS) is 15.9. The molecule has 132 valence electrons. The number of nitrogens with zero attached hydrogens (tertiary/aromatic N) is 1. The molecule has 0 bridgehead atoms. The number of methoxy groups -OCH3 is 2. The number of ether oxygens (including phenoxy) is 2. The van der Waals surface area contributed by atoms with Crippen molar-refractivity contribution in [1.82, 2.24) is 4.90 Å². The lowest BCUT2D eigenvalue weighted by atomic mass is 10.0. The van der Waals surface area contributed by atoms with Crippen LogP contribution in [0.5, 0.6) is 0 Å². The average Bonchev–Trinajstić information content (AvgIpc) is 2.83. The monoisotopic (exact) mass is 345 g/mol. The third-order valence-electron chi connectivity index (χ3n) is 3.89. The van der Waals surface area contributed by atoms with Gasteiger partial charge in [-0.25, -0.2) is 9.59 Å². The highest BCUT2D eigenvalue weighted by atomic mass is 16.5. The zero-order valence-corrected chi connectivity index (χ0v) is 14.2. The van der Waals surface area contributed by atoms with Crippen molar-refractivity contribution in [2.45, 2.75) is 6.92 Å². The fraction of sp³-hybridized carbons (Fsp3) is 0.278. The fourth-order valence-electron chi connectivity index (χ4n) is 2.57. The van der Waals surface area contributed by atoms with Crippen molar-refractivity contribution in [3.8, 4) is 0 Å². The highest BCUT2D eigenvalue weighted by Gasteiger charge is 2.36. The SMILES string of the molecule is COCCN1C(=O)/C(=C\c2ccc(C(=O)O)cc2)C(C(=O)OC)=C1C. The molecule has 1 aliphatic heterocycles. The molecule has 0 saturated heterocycles. The smallest absolute Gasteiger partial charge is 0.340 e. The Hall–Kier alpha value is -2.93. The first-order valence-corrected chi connectivity index (χ1v) is 7.56. The first kappa shape index (κ1) is 18.4. The van der Waals surface area contributed by atoms with Gasteiger partial charge in [-0.2, -0.15) is 0 Å². The Labute approximate surface area is 145 Å². The zero-order valence-electron chi connectivity index (χ0n) is 14.2. The van der Waals surface area contributed by atoms with Crippen molar-refractivity contribution in [1.29, 1.82) is 0 Å². The summed E-state index contributed by atoms with van der Waals surface area (Å²) in [6.07, 6.45) is 1.55. The van der Waals surface area contributed by atoms with E-state index in [2.05, 4.69) is 0 Å². The maximum Gasteiger partial charge on any atom is 0.340 e. The summed E-state index contributed by atoms with van der Waals surface area (Å²) in [5.41, 5.74) is 1.66. The lowest BCUT2D eigenvalue weighted by Crippen LogP contribution is -2.28. The Bertz CT molecular complexity index is 760. The molecule has 0 aliphatic carbocycles. The summed E-state index contributed by atoms with van der Waals surface area (Å²) in [6.45, 7) is 2.32. The van der Waals surface area contributed by atoms with E-state index >= 15 is 0 Å². The maximum absolute atomic E-state index is 12.7. The fourth-order valence-corrected chi connectivity index (χ4v) is 2.57. The van der Waals surface area contributed by atoms with Crippen LogP contribution in [0.1, 0.15) is 22.8 Å². The molecule has 1 aliphatic rings. The van der Waals surface area contributed by atoms with Gasteiger partial charge in [0.1, 0.15) is 0 Å². The van der Waals surface area contributed by atoms with E-state index in [1.807, 2.05) is 0 Å². The zero-order chi connectivity index (χ0) is 18.6. The molecule has 1 aromatic rings. The molecule has 7 nitrogen and oxygen atoms in total. The second-order valence-corrected chi connectivity index (χ2v) is 5.39. The predicted octanol–water partition coefficient (Wildman–Crippen LogP) is 1.70. The van der Waals surface area contributed by atoms with Crippen LogP contribution in [0.2, 0.25) is 0 Å². The summed E-state index contributed by atoms with van der Waals surface area (Å²) in [5.74, 6) is -1.95. The van der Waals surface area contributed by atoms with Gasteiger partial charge in [-0.3, -0.25) is 4.79 Å². The van der Waals surface area contributed by atoms with Crippen LogP contribution in [-0.2, 0) is 19.1 Å². The highest BCUT2D eigenvalue weighted by molar-refractivity contribution is 6.16. The second-order valence-electron chi connectivity index (χ2n) is 5.39. The number of allylic oxidation sites excluding steroid dienone is 1. The number of carboxylic acids is 1. The highest BCUT2D eigenvalue weighted by Crippen LogP contribution is 2.31. The maximum atomic E-state index is 12.7. The Kier molecular flexibility index (Phi) is 5.71. The number of rotatable bonds is 6. The molecule has 7 heteroatoms. The molecule has 2 rings (SSSR count). The number of carbonyl (C=O) groups is 3. The third-order valence-corrected chi connectivity index (χ3v) is 3.89. The van der Waals surface area contributed by atoms with Crippen molar-refractivity contribution in [2.24, 2.45) is 0 Å². The number of carboxylic acid groups (broad SMARTS) is 1. The molecule has 25 heavy (non-hydrogen) atoms. The number of hydrogen-bond donors (Lipinski definition) is 1. The van der Waals surface area contributed by atoms with Crippen molar-refractivity contribution in [3.63, 3.8) is 0 Å². The van der Waals surface area contributed by atoms with E-state index in [9.17, 15) is 14.4 Å². The molecule has 1 amide bonds. The lowest BCUT2D eigenvalue weighted by molar-refractivity contribution is -0.136. The summed E-state index contributed by atoms with van der Waals surface area (Å²) >= 11 is 0. The molecule has 0 saturated carbocycles. The number of carbonyl (C=O) groups excluding carboxylic acids is 2. The second kappa shape index (κ2) is 7.76. The van der Waals surface area contributed by atoms with Gasteiger partial charge in [0.15, 0.2) is 0 Å². The molecule has 0 aromatic heterocycles. The molecule has 1 N–H and O–H groups in total. The van der Waals surface area contributed by atoms with Gasteiger partial charge in [0.25, 0.3) is 5.91 Å². The summed E-state index contributed by atoms with van der Waals surface area (Å²) in [6, 6.07) is 6.02. The van der Waals surface area contributed by atoms with Crippen molar-refractivity contribution >= 4 is 23.9 Å². The molecular formula is C18H19NO6. The van der Waals surface area contributed by atoms with Crippen LogP contribution in [0.15, 0.2) is 41.1 Å². The minimum absolute atomic E-state index is 0.140. The van der Waals surface area contributed by atoms with Crippen LogP contribution in [-0.4, -0.2) is 55.2 Å². The van der Waals surface area contributed by atoms with E-state index in [-0.39, 0.29) is 22.6 Å². The number of benzene rings is 1. The topological polar surface area (TPSA) is 93.1 Å². The van der Waals surface area contributed by atoms with Crippen LogP contribution in [0, 0.1) is 0 Å². The van der Waals surface area contributed by atoms with Gasteiger partial charge in [-0.05, 0) is 30.7 Å². The summed E-state index contributed by atoms with van der Waals surface area (Å²) < 4.78 is 9.80. The van der Waals surface area contributed by atoms with E-state index < -0.39 is 11.9 Å². The molecule has 0 unspecified atom stereocenters. The largest absolute Gasteiger partial charge is 0.478 e. The van der Waals surface area contributed by atoms with E-state index in [0.717, 1.165) is 0 Å². The van der Waals surface area contributed by atoms with Gasteiger partial charge in [0.2, 0.25) is 0 Å². The van der Waals surface area contributed by atoms with E-state index in [0.29, 0.717) is 24.4 Å². The Balaban J connectivity index is 2.44. The Morgan fingerprint density at radius 1 is 1.20 bits per heavy atom. The molecule has 0 atom stereocenters. The van der Waals surface area contributed by atoms with Gasteiger partial charge in [-0.15, -0.1) is 0 Å². The van der Waals surface area contributed by atoms with Crippen LogP contribution < -0.4 is 0 Å². The van der Waals surface area contributed by atoms with E-state index in [1.165, 1.54) is 31.3 Å². The molecule has 1 heterocycles. The quantitative estimate of drug-likeness (QED) is 0.623. The first-order chi connectivity index (χ1) is 11.9. The standard InChI is InChI=1S/C18H19NO6/c1-11-15(18(23)25-3)14(16(20)19(11)8-9-24-2)10-12-4-6-13(7-5-12)17(21)22/h4-7,10H,8-9H2,1-3H3,(H,21,22)/b14-10-. The molecule has 0 radical (unpaired) electrons. The number of aromatic carboxylic acids is 1. The van der Waals surface area contributed by atoms with Gasteiger partial charge < -0.3 is 19.5 Å². The van der Waals surface area contributed by atoms with Crippen molar-refractivity contribution < 1.29 is 29.0 Å². The van der Waals surface area contributed by atoms with Crippen LogP contribution in [0.4, 0.5) is 0 Å². The van der Waals surface area contributed by atoms with Gasteiger partial charge >= 0.3 is 11.9 Å². The minimum atomic E-state index is -1.03. The van der Waals surface area contributed by atoms with Crippen LogP contribution in [0.25, 0.3) is 6.08 Å². The average molecular weight is 345 g/mol. The Morgan fingerprint density at radius 3 is 2.36 bits per heavy atom. The Morgan fingerprint density at radius 2 is 1.84 bits per heavy atom. The van der Waals surface area contributed by atoms with Crippen molar-refractivity contribution in [3.05, 3.63) is 52.2 Å². The summed E-state index contributed by atoms with van der Waals surface area (Å²) in [7, 11) is 2.78. The summed E-state index contributed by atoms with van der Waals surface area (Å²) in [4.78, 5) is 37.2. The lowest BCUT2D eigenvalue weighted by Gasteiger charge is -2.16. The van der Waals surface area contributed by atoms with Crippen LogP contribution >= 0.6 is 0 Å². The number of hydrogen-bond acceptors (Lipinski definition) is 5. The van der Waals surface area contributed by atoms with Gasteiger partial charge in [-0.1, -0.05) is 12.1 Å². The predicted molar refractivity (Wildman–Crippen MR) is 89.7 cm³/mol. The molecule has 0 fully saturated rings. The van der Waals surface area contributed by atoms with Crippen LogP contribution in [0.3, 0.4) is 0 Å². The van der Waals surface area contributed by atoms with E-state index in [4.69, 9.17) is 14.6 Å². The van der Waals surface area contributed by atoms with Gasteiger partial charge in [0.05, 0.1) is 30.4 Å². The minimum Gasteiger partial charge on any atom is -0.478 e. The number of esters is 1. The van der Waals surface area contributed by atoms with Gasteiger partial charge in [0, 0.05) is 19.4 Å². The van der Waals surface area contributed by atoms with Crippen molar-refractivity contribution in [2.75, 3.05) is 27.4 Å². The van der Waals surface area contributed by atoms with E-state index in [1.54, 1.807) is 25.1 Å². The molecule has 0 spiro atoms. The molecule has 1 aromatic carbocycles. The molecular weight excluding hydrogens is 326 g/mol. The third kappa shape index (κ3) is 3.77.